The minimum Gasteiger partial charge on any atom is -0.504 e. The van der Waals surface area contributed by atoms with Crippen LogP contribution in [-0.2, 0) is 16.6 Å². The van der Waals surface area contributed by atoms with Gasteiger partial charge in [0.15, 0.2) is 11.5 Å². The molecule has 2 atom stereocenters. The lowest BCUT2D eigenvalue weighted by atomic mass is 9.65. The average Bonchev–Trinajstić information content (AvgIpc) is 2.75. The summed E-state index contributed by atoms with van der Waals surface area (Å²) in [6, 6.07) is 3.40. The molecule has 1 aliphatic heterocycles. The topological polar surface area (TPSA) is 49.7 Å². The van der Waals surface area contributed by atoms with E-state index >= 15 is 0 Å². The van der Waals surface area contributed by atoms with Crippen molar-refractivity contribution in [3.8, 4) is 11.5 Å². The Balaban J connectivity index is 2.00. The summed E-state index contributed by atoms with van der Waals surface area (Å²) in [5.74, 6) is 1.39. The van der Waals surface area contributed by atoms with Crippen LogP contribution in [0.4, 0.5) is 0 Å². The molecule has 3 nitrogen and oxygen atoms in total. The van der Waals surface area contributed by atoms with Crippen molar-refractivity contribution in [3.05, 3.63) is 47.2 Å². The van der Waals surface area contributed by atoms with Gasteiger partial charge in [-0.1, -0.05) is 12.2 Å². The highest BCUT2D eigenvalue weighted by atomic mass is 16.5. The van der Waals surface area contributed by atoms with E-state index in [0.717, 1.165) is 36.3 Å². The number of phenolic OH excluding ortho intramolecular Hbond substituents is 2. The Morgan fingerprint density at radius 1 is 1.22 bits per heavy atom. The van der Waals surface area contributed by atoms with Crippen LogP contribution < -0.4 is 0 Å². The highest BCUT2D eigenvalue weighted by Crippen LogP contribution is 2.53. The quantitative estimate of drug-likeness (QED) is 0.687. The molecule has 1 heterocycles. The van der Waals surface area contributed by atoms with Crippen LogP contribution in [0.3, 0.4) is 0 Å². The Labute approximate surface area is 105 Å². The molecule has 0 aromatic heterocycles. The standard InChI is InChI=1S/C15H14O3/c16-12-5-10-4-9-7-15(11(10)6-13(12)17)3-1-2-14(15)18-8-9/h1-3,5-6,9,16-17H,4,7-8H2/t9-,15-/m0/s1. The number of ether oxygens (including phenoxy) is 1. The molecule has 4 rings (SSSR count). The molecular weight excluding hydrogens is 228 g/mol. The van der Waals surface area contributed by atoms with E-state index in [0.29, 0.717) is 5.92 Å². The first kappa shape index (κ1) is 10.1. The zero-order chi connectivity index (χ0) is 12.3. The van der Waals surface area contributed by atoms with Gasteiger partial charge in [0.25, 0.3) is 0 Å². The van der Waals surface area contributed by atoms with Gasteiger partial charge in [0.1, 0.15) is 5.76 Å². The first-order valence-corrected chi connectivity index (χ1v) is 6.27. The van der Waals surface area contributed by atoms with Crippen molar-refractivity contribution in [3.63, 3.8) is 0 Å². The number of allylic oxidation sites excluding steroid dienone is 3. The number of benzene rings is 1. The first-order chi connectivity index (χ1) is 8.69. The first-order valence-electron chi connectivity index (χ1n) is 6.27. The number of aromatic hydroxyl groups is 2. The summed E-state index contributed by atoms with van der Waals surface area (Å²) in [7, 11) is 0. The average molecular weight is 242 g/mol. The van der Waals surface area contributed by atoms with E-state index in [1.54, 1.807) is 12.1 Å². The van der Waals surface area contributed by atoms with Crippen molar-refractivity contribution in [2.45, 2.75) is 18.3 Å². The molecule has 3 aliphatic rings. The Bertz CT molecular complexity index is 600. The molecule has 1 aromatic rings. The maximum absolute atomic E-state index is 9.75. The second-order valence-corrected chi connectivity index (χ2v) is 5.44. The maximum atomic E-state index is 9.75. The van der Waals surface area contributed by atoms with Gasteiger partial charge in [0.2, 0.25) is 0 Å². The zero-order valence-corrected chi connectivity index (χ0v) is 9.89. The molecule has 0 amide bonds. The summed E-state index contributed by atoms with van der Waals surface area (Å²) in [6.07, 6.45) is 8.13. The summed E-state index contributed by atoms with van der Waals surface area (Å²) < 4.78 is 5.84. The van der Waals surface area contributed by atoms with Crippen molar-refractivity contribution in [1.29, 1.82) is 0 Å². The minimum absolute atomic E-state index is 0.0291. The van der Waals surface area contributed by atoms with Gasteiger partial charge >= 0.3 is 0 Å². The lowest BCUT2D eigenvalue weighted by molar-refractivity contribution is 0.0710. The van der Waals surface area contributed by atoms with E-state index in [9.17, 15) is 10.2 Å². The van der Waals surface area contributed by atoms with Gasteiger partial charge < -0.3 is 14.9 Å². The molecule has 3 heteroatoms. The molecule has 92 valence electrons. The lowest BCUT2D eigenvalue weighted by Crippen LogP contribution is -2.41. The molecular formula is C15H14O3. The van der Waals surface area contributed by atoms with Crippen LogP contribution in [0.15, 0.2) is 36.1 Å². The molecule has 2 aliphatic carbocycles. The molecule has 2 N–H and O–H groups in total. The van der Waals surface area contributed by atoms with E-state index < -0.39 is 0 Å². The Kier molecular flexibility index (Phi) is 1.74. The number of hydrogen-bond acceptors (Lipinski definition) is 3. The van der Waals surface area contributed by atoms with E-state index in [-0.39, 0.29) is 16.9 Å². The van der Waals surface area contributed by atoms with Crippen molar-refractivity contribution in [2.24, 2.45) is 5.92 Å². The number of rotatable bonds is 0. The van der Waals surface area contributed by atoms with Gasteiger partial charge in [0, 0.05) is 0 Å². The Morgan fingerprint density at radius 2 is 2.06 bits per heavy atom. The second kappa shape index (κ2) is 3.10. The fraction of sp³-hybridized carbons (Fsp3) is 0.333. The summed E-state index contributed by atoms with van der Waals surface area (Å²) in [5.41, 5.74) is 2.00. The largest absolute Gasteiger partial charge is 0.504 e. The van der Waals surface area contributed by atoms with Crippen LogP contribution >= 0.6 is 0 Å². The van der Waals surface area contributed by atoms with Crippen LogP contribution in [0.2, 0.25) is 0 Å². The maximum Gasteiger partial charge on any atom is 0.157 e. The molecule has 1 saturated heterocycles. The van der Waals surface area contributed by atoms with E-state index in [1.165, 1.54) is 0 Å². The van der Waals surface area contributed by atoms with Gasteiger partial charge in [-0.05, 0) is 48.1 Å². The van der Waals surface area contributed by atoms with Crippen molar-refractivity contribution >= 4 is 0 Å². The Morgan fingerprint density at radius 3 is 2.94 bits per heavy atom. The number of hydrogen-bond donors (Lipinski definition) is 2. The van der Waals surface area contributed by atoms with Crippen LogP contribution in [0.25, 0.3) is 0 Å². The molecule has 1 aromatic carbocycles. The molecule has 2 bridgehead atoms. The summed E-state index contributed by atoms with van der Waals surface area (Å²) >= 11 is 0. The normalized spacial score (nSPS) is 31.3. The highest BCUT2D eigenvalue weighted by molar-refractivity contribution is 5.57. The van der Waals surface area contributed by atoms with Gasteiger partial charge in [-0.15, -0.1) is 0 Å². The van der Waals surface area contributed by atoms with Crippen molar-refractivity contribution < 1.29 is 14.9 Å². The number of fused-ring (bicyclic) bond motifs is 2. The van der Waals surface area contributed by atoms with E-state index in [2.05, 4.69) is 6.08 Å². The minimum atomic E-state index is -0.207. The smallest absolute Gasteiger partial charge is 0.157 e. The van der Waals surface area contributed by atoms with Crippen molar-refractivity contribution in [1.82, 2.24) is 0 Å². The third-order valence-electron chi connectivity index (χ3n) is 4.34. The fourth-order valence-electron chi connectivity index (χ4n) is 3.58. The van der Waals surface area contributed by atoms with Gasteiger partial charge in [0.05, 0.1) is 12.0 Å². The van der Waals surface area contributed by atoms with Crippen molar-refractivity contribution in [2.75, 3.05) is 6.61 Å². The summed E-state index contributed by atoms with van der Waals surface area (Å²) in [5, 5.41) is 19.4. The fourth-order valence-corrected chi connectivity index (χ4v) is 3.58. The molecule has 1 fully saturated rings. The molecule has 1 spiro atoms. The highest BCUT2D eigenvalue weighted by Gasteiger charge is 2.47. The second-order valence-electron chi connectivity index (χ2n) is 5.44. The molecule has 0 saturated carbocycles. The third kappa shape index (κ3) is 1.09. The lowest BCUT2D eigenvalue weighted by Gasteiger charge is -2.44. The Hall–Kier alpha value is -1.90. The van der Waals surface area contributed by atoms with E-state index in [4.69, 9.17) is 4.74 Å². The third-order valence-corrected chi connectivity index (χ3v) is 4.34. The van der Waals surface area contributed by atoms with E-state index in [1.807, 2.05) is 12.2 Å². The summed E-state index contributed by atoms with van der Waals surface area (Å²) in [4.78, 5) is 0. The number of phenols is 2. The van der Waals surface area contributed by atoms with Gasteiger partial charge in [-0.25, -0.2) is 0 Å². The summed E-state index contributed by atoms with van der Waals surface area (Å²) in [6.45, 7) is 0.746. The zero-order valence-electron chi connectivity index (χ0n) is 9.89. The molecule has 0 radical (unpaired) electrons. The monoisotopic (exact) mass is 242 g/mol. The van der Waals surface area contributed by atoms with Crippen LogP contribution in [0, 0.1) is 5.92 Å². The molecule has 0 unspecified atom stereocenters. The van der Waals surface area contributed by atoms with Gasteiger partial charge in [-0.2, -0.15) is 0 Å². The van der Waals surface area contributed by atoms with Gasteiger partial charge in [-0.3, -0.25) is 0 Å². The predicted octanol–water partition coefficient (Wildman–Crippen LogP) is 2.38. The van der Waals surface area contributed by atoms with Crippen LogP contribution in [0.5, 0.6) is 11.5 Å². The predicted molar refractivity (Wildman–Crippen MR) is 66.4 cm³/mol. The van der Waals surface area contributed by atoms with Crippen LogP contribution in [0.1, 0.15) is 17.5 Å². The SMILES string of the molecule is Oc1cc2c(cc1O)[C@@]13C=CC=C1OC[C@@H](C2)C3. The van der Waals surface area contributed by atoms with Crippen LogP contribution in [-0.4, -0.2) is 16.8 Å². The molecule has 18 heavy (non-hydrogen) atoms.